The van der Waals surface area contributed by atoms with Crippen molar-refractivity contribution in [2.75, 3.05) is 33.3 Å². The van der Waals surface area contributed by atoms with Crippen LogP contribution in [0.3, 0.4) is 0 Å². The van der Waals surface area contributed by atoms with Crippen molar-refractivity contribution >= 4 is 11.8 Å². The molecule has 2 amide bonds. The lowest BCUT2D eigenvalue weighted by Crippen LogP contribution is -2.46. The second-order valence-corrected chi connectivity index (χ2v) is 5.14. The Morgan fingerprint density at radius 3 is 2.72 bits per heavy atom. The normalized spacial score (nSPS) is 20.3. The van der Waals surface area contributed by atoms with E-state index in [0.717, 1.165) is 6.54 Å². The fourth-order valence-electron chi connectivity index (χ4n) is 1.77. The maximum Gasteiger partial charge on any atom is 0.227 e. The van der Waals surface area contributed by atoms with E-state index in [1.165, 1.54) is 0 Å². The van der Waals surface area contributed by atoms with Gasteiger partial charge >= 0.3 is 0 Å². The molecule has 1 aliphatic heterocycles. The van der Waals surface area contributed by atoms with E-state index in [2.05, 4.69) is 16.0 Å². The van der Waals surface area contributed by atoms with E-state index in [0.29, 0.717) is 26.1 Å². The maximum atomic E-state index is 11.7. The summed E-state index contributed by atoms with van der Waals surface area (Å²) in [6.07, 6.45) is 0.262. The van der Waals surface area contributed by atoms with E-state index in [-0.39, 0.29) is 17.9 Å². The van der Waals surface area contributed by atoms with Gasteiger partial charge in [0.15, 0.2) is 0 Å². The number of carbonyl (C=O) groups is 2. The summed E-state index contributed by atoms with van der Waals surface area (Å²) in [5.41, 5.74) is -0.601. The average Bonchev–Trinajstić information content (AvgIpc) is 2.36. The minimum absolute atomic E-state index is 0.0677. The summed E-state index contributed by atoms with van der Waals surface area (Å²) in [5.74, 6) is -0.168. The lowest BCUT2D eigenvalue weighted by Gasteiger charge is -2.25. The minimum Gasteiger partial charge on any atom is -0.375 e. The summed E-state index contributed by atoms with van der Waals surface area (Å²) < 4.78 is 5.45. The highest BCUT2D eigenvalue weighted by atomic mass is 16.5. The Hall–Kier alpha value is -1.14. The van der Waals surface area contributed by atoms with Gasteiger partial charge in [0.1, 0.15) is 0 Å². The molecule has 1 aliphatic rings. The second-order valence-electron chi connectivity index (χ2n) is 5.14. The fraction of sp³-hybridized carbons (Fsp3) is 0.833. The number of hydrogen-bond acceptors (Lipinski definition) is 4. The van der Waals surface area contributed by atoms with Crippen LogP contribution < -0.4 is 16.0 Å². The van der Waals surface area contributed by atoms with E-state index >= 15 is 0 Å². The molecule has 0 aliphatic carbocycles. The van der Waals surface area contributed by atoms with Gasteiger partial charge in [-0.1, -0.05) is 0 Å². The van der Waals surface area contributed by atoms with Gasteiger partial charge in [0.05, 0.1) is 24.5 Å². The fourth-order valence-corrected chi connectivity index (χ4v) is 1.77. The van der Waals surface area contributed by atoms with Gasteiger partial charge in [0, 0.05) is 26.7 Å². The predicted octanol–water partition coefficient (Wildman–Crippen LogP) is -0.747. The SMILES string of the molecule is CNC(=O)C(C)(C)CNC(=O)CC1CNCCO1. The van der Waals surface area contributed by atoms with Crippen molar-refractivity contribution in [3.63, 3.8) is 0 Å². The quantitative estimate of drug-likeness (QED) is 0.606. The molecule has 3 N–H and O–H groups in total. The van der Waals surface area contributed by atoms with Crippen LogP contribution in [0.1, 0.15) is 20.3 Å². The van der Waals surface area contributed by atoms with Crippen molar-refractivity contribution in [3.8, 4) is 0 Å². The number of nitrogens with one attached hydrogen (secondary N) is 3. The van der Waals surface area contributed by atoms with E-state index in [1.807, 2.05) is 0 Å². The summed E-state index contributed by atoms with van der Waals surface area (Å²) in [6.45, 7) is 6.09. The molecule has 104 valence electrons. The Morgan fingerprint density at radius 2 is 2.17 bits per heavy atom. The summed E-state index contributed by atoms with van der Waals surface area (Å²) in [7, 11) is 1.59. The summed E-state index contributed by atoms with van der Waals surface area (Å²) in [4.78, 5) is 23.3. The third kappa shape index (κ3) is 4.62. The second kappa shape index (κ2) is 6.70. The van der Waals surface area contributed by atoms with Crippen molar-refractivity contribution in [1.29, 1.82) is 0 Å². The van der Waals surface area contributed by atoms with Crippen LogP contribution in [0.4, 0.5) is 0 Å². The molecule has 6 heteroatoms. The maximum absolute atomic E-state index is 11.7. The number of carbonyl (C=O) groups excluding carboxylic acids is 2. The molecule has 1 atom stereocenters. The number of hydrogen-bond donors (Lipinski definition) is 3. The first kappa shape index (κ1) is 14.9. The third-order valence-electron chi connectivity index (χ3n) is 2.99. The van der Waals surface area contributed by atoms with Gasteiger partial charge in [-0.05, 0) is 13.8 Å². The molecule has 0 aromatic carbocycles. The molecule has 1 saturated heterocycles. The van der Waals surface area contributed by atoms with Gasteiger partial charge in [-0.15, -0.1) is 0 Å². The highest BCUT2D eigenvalue weighted by molar-refractivity contribution is 5.83. The molecule has 18 heavy (non-hydrogen) atoms. The minimum atomic E-state index is -0.601. The first-order valence-corrected chi connectivity index (χ1v) is 6.27. The van der Waals surface area contributed by atoms with E-state index < -0.39 is 5.41 Å². The van der Waals surface area contributed by atoms with Crippen LogP contribution in [0.15, 0.2) is 0 Å². The van der Waals surface area contributed by atoms with Gasteiger partial charge < -0.3 is 20.7 Å². The molecule has 0 spiro atoms. The van der Waals surface area contributed by atoms with Crippen LogP contribution in [-0.2, 0) is 14.3 Å². The number of amides is 2. The first-order valence-electron chi connectivity index (χ1n) is 6.27. The zero-order valence-electron chi connectivity index (χ0n) is 11.3. The molecular formula is C12H23N3O3. The third-order valence-corrected chi connectivity index (χ3v) is 2.99. The number of morpholine rings is 1. The van der Waals surface area contributed by atoms with Crippen LogP contribution in [-0.4, -0.2) is 51.2 Å². The molecule has 1 fully saturated rings. The summed E-state index contributed by atoms with van der Waals surface area (Å²) in [6, 6.07) is 0. The Morgan fingerprint density at radius 1 is 1.44 bits per heavy atom. The highest BCUT2D eigenvalue weighted by Crippen LogP contribution is 2.13. The van der Waals surface area contributed by atoms with Gasteiger partial charge in [-0.2, -0.15) is 0 Å². The molecule has 1 heterocycles. The predicted molar refractivity (Wildman–Crippen MR) is 68.1 cm³/mol. The lowest BCUT2D eigenvalue weighted by molar-refractivity contribution is -0.130. The molecule has 1 unspecified atom stereocenters. The smallest absolute Gasteiger partial charge is 0.227 e. The summed E-state index contributed by atoms with van der Waals surface area (Å²) in [5, 5.41) is 8.53. The Balaban J connectivity index is 2.29. The van der Waals surface area contributed by atoms with Crippen LogP contribution in [0.2, 0.25) is 0 Å². The van der Waals surface area contributed by atoms with Gasteiger partial charge in [0.25, 0.3) is 0 Å². The zero-order chi connectivity index (χ0) is 13.6. The first-order chi connectivity index (χ1) is 8.45. The zero-order valence-corrected chi connectivity index (χ0v) is 11.3. The topological polar surface area (TPSA) is 79.5 Å². The van der Waals surface area contributed by atoms with E-state index in [4.69, 9.17) is 4.74 Å². The lowest BCUT2D eigenvalue weighted by atomic mass is 9.92. The molecule has 0 aromatic rings. The number of ether oxygens (including phenoxy) is 1. The molecule has 1 rings (SSSR count). The van der Waals surface area contributed by atoms with Crippen molar-refractivity contribution < 1.29 is 14.3 Å². The van der Waals surface area contributed by atoms with Gasteiger partial charge in [-0.25, -0.2) is 0 Å². The average molecular weight is 257 g/mol. The van der Waals surface area contributed by atoms with Gasteiger partial charge in [-0.3, -0.25) is 9.59 Å². The van der Waals surface area contributed by atoms with Crippen molar-refractivity contribution in [2.24, 2.45) is 5.41 Å². The van der Waals surface area contributed by atoms with E-state index in [9.17, 15) is 9.59 Å². The monoisotopic (exact) mass is 257 g/mol. The highest BCUT2D eigenvalue weighted by Gasteiger charge is 2.27. The molecule has 0 bridgehead atoms. The van der Waals surface area contributed by atoms with Crippen LogP contribution in [0, 0.1) is 5.41 Å². The van der Waals surface area contributed by atoms with Crippen molar-refractivity contribution in [3.05, 3.63) is 0 Å². The van der Waals surface area contributed by atoms with Crippen molar-refractivity contribution in [1.82, 2.24) is 16.0 Å². The van der Waals surface area contributed by atoms with E-state index in [1.54, 1.807) is 20.9 Å². The van der Waals surface area contributed by atoms with Crippen molar-refractivity contribution in [2.45, 2.75) is 26.4 Å². The molecule has 0 aromatic heterocycles. The molecule has 0 radical (unpaired) electrons. The van der Waals surface area contributed by atoms with Crippen LogP contribution >= 0.6 is 0 Å². The molecular weight excluding hydrogens is 234 g/mol. The largest absolute Gasteiger partial charge is 0.375 e. The van der Waals surface area contributed by atoms with Crippen LogP contribution in [0.25, 0.3) is 0 Å². The summed E-state index contributed by atoms with van der Waals surface area (Å²) >= 11 is 0. The van der Waals surface area contributed by atoms with Gasteiger partial charge in [0.2, 0.25) is 11.8 Å². The van der Waals surface area contributed by atoms with Crippen LogP contribution in [0.5, 0.6) is 0 Å². The Labute approximate surface area is 108 Å². The number of rotatable bonds is 5. The standard InChI is InChI=1S/C12H23N3O3/c1-12(2,11(17)13-3)8-15-10(16)6-9-7-14-4-5-18-9/h9,14H,4-8H2,1-3H3,(H,13,17)(H,15,16). The Kier molecular flexibility index (Phi) is 5.55. The Bertz CT molecular complexity index is 299. The molecule has 6 nitrogen and oxygen atoms in total. The molecule has 0 saturated carbocycles.